The predicted octanol–water partition coefficient (Wildman–Crippen LogP) is 2.76. The Morgan fingerprint density at radius 2 is 2.26 bits per heavy atom. The zero-order valence-corrected chi connectivity index (χ0v) is 12.2. The van der Waals surface area contributed by atoms with Crippen LogP contribution < -0.4 is 5.32 Å². The van der Waals surface area contributed by atoms with Gasteiger partial charge in [-0.25, -0.2) is 0 Å². The van der Waals surface area contributed by atoms with Gasteiger partial charge in [0, 0.05) is 6.61 Å². The molecule has 0 aromatic heterocycles. The van der Waals surface area contributed by atoms with Crippen molar-refractivity contribution in [2.45, 2.75) is 38.8 Å². The first kappa shape index (κ1) is 14.5. The summed E-state index contributed by atoms with van der Waals surface area (Å²) in [5, 5.41) is 3.34. The Hall–Kier alpha value is -0.900. The molecular weight excluding hydrogens is 238 g/mol. The summed E-state index contributed by atoms with van der Waals surface area (Å²) in [6, 6.07) is 6.83. The molecule has 1 aromatic carbocycles. The molecule has 2 atom stereocenters. The third-order valence-corrected chi connectivity index (χ3v) is 3.76. The van der Waals surface area contributed by atoms with E-state index in [4.69, 9.17) is 9.47 Å². The number of hydrogen-bond donors (Lipinski definition) is 1. The zero-order chi connectivity index (χ0) is 13.7. The predicted molar refractivity (Wildman–Crippen MR) is 77.5 cm³/mol. The SMILES string of the molecule is CNC(COCC1CCCO1)c1ccc(C)cc1C. The summed E-state index contributed by atoms with van der Waals surface area (Å²) in [4.78, 5) is 0. The van der Waals surface area contributed by atoms with Crippen LogP contribution in [-0.2, 0) is 9.47 Å². The molecule has 0 saturated carbocycles. The van der Waals surface area contributed by atoms with Crippen LogP contribution in [0.5, 0.6) is 0 Å². The van der Waals surface area contributed by atoms with Gasteiger partial charge in [0.15, 0.2) is 0 Å². The van der Waals surface area contributed by atoms with Crippen LogP contribution in [0.4, 0.5) is 0 Å². The number of rotatable bonds is 6. The van der Waals surface area contributed by atoms with Crippen molar-refractivity contribution in [2.24, 2.45) is 0 Å². The van der Waals surface area contributed by atoms with Gasteiger partial charge in [0.1, 0.15) is 0 Å². The third-order valence-electron chi connectivity index (χ3n) is 3.76. The number of ether oxygens (including phenoxy) is 2. The Bertz CT molecular complexity index is 400. The number of likely N-dealkylation sites (N-methyl/N-ethyl adjacent to an activating group) is 1. The molecule has 1 aliphatic heterocycles. The van der Waals surface area contributed by atoms with E-state index in [0.29, 0.717) is 19.3 Å². The quantitative estimate of drug-likeness (QED) is 0.856. The molecule has 3 heteroatoms. The fraction of sp³-hybridized carbons (Fsp3) is 0.625. The molecule has 0 bridgehead atoms. The first-order valence-electron chi connectivity index (χ1n) is 7.14. The van der Waals surface area contributed by atoms with Crippen LogP contribution >= 0.6 is 0 Å². The molecule has 0 amide bonds. The molecule has 1 fully saturated rings. The van der Waals surface area contributed by atoms with Gasteiger partial charge in [0.25, 0.3) is 0 Å². The maximum atomic E-state index is 5.82. The average molecular weight is 263 g/mol. The van der Waals surface area contributed by atoms with Gasteiger partial charge in [0.2, 0.25) is 0 Å². The second-order valence-corrected chi connectivity index (χ2v) is 5.37. The van der Waals surface area contributed by atoms with Crippen LogP contribution in [0.3, 0.4) is 0 Å². The van der Waals surface area contributed by atoms with Crippen molar-refractivity contribution in [3.05, 3.63) is 34.9 Å². The van der Waals surface area contributed by atoms with Crippen LogP contribution in [0.1, 0.15) is 35.6 Å². The second kappa shape index (κ2) is 7.04. The van der Waals surface area contributed by atoms with Crippen molar-refractivity contribution in [3.8, 4) is 0 Å². The number of hydrogen-bond acceptors (Lipinski definition) is 3. The van der Waals surface area contributed by atoms with Crippen molar-refractivity contribution in [1.82, 2.24) is 5.32 Å². The number of nitrogens with one attached hydrogen (secondary N) is 1. The topological polar surface area (TPSA) is 30.5 Å². The largest absolute Gasteiger partial charge is 0.377 e. The minimum absolute atomic E-state index is 0.252. The van der Waals surface area contributed by atoms with Crippen LogP contribution in [-0.4, -0.2) is 33.0 Å². The van der Waals surface area contributed by atoms with E-state index < -0.39 is 0 Å². The van der Waals surface area contributed by atoms with E-state index >= 15 is 0 Å². The monoisotopic (exact) mass is 263 g/mol. The van der Waals surface area contributed by atoms with Crippen molar-refractivity contribution >= 4 is 0 Å². The molecule has 2 rings (SSSR count). The molecule has 1 heterocycles. The fourth-order valence-electron chi connectivity index (χ4n) is 2.64. The summed E-state index contributed by atoms with van der Waals surface area (Å²) in [5.41, 5.74) is 3.94. The highest BCUT2D eigenvalue weighted by Gasteiger charge is 2.17. The molecule has 3 nitrogen and oxygen atoms in total. The molecule has 19 heavy (non-hydrogen) atoms. The maximum Gasteiger partial charge on any atom is 0.0809 e. The zero-order valence-electron chi connectivity index (χ0n) is 12.2. The Morgan fingerprint density at radius 1 is 1.42 bits per heavy atom. The molecule has 0 radical (unpaired) electrons. The molecular formula is C16H25NO2. The third kappa shape index (κ3) is 4.03. The summed E-state index contributed by atoms with van der Waals surface area (Å²) in [6.07, 6.45) is 2.60. The van der Waals surface area contributed by atoms with E-state index in [-0.39, 0.29) is 6.04 Å². The van der Waals surface area contributed by atoms with Crippen molar-refractivity contribution in [1.29, 1.82) is 0 Å². The molecule has 106 valence electrons. The van der Waals surface area contributed by atoms with Crippen LogP contribution in [0.2, 0.25) is 0 Å². The summed E-state index contributed by atoms with van der Waals surface area (Å²) in [7, 11) is 1.99. The van der Waals surface area contributed by atoms with E-state index in [1.807, 2.05) is 7.05 Å². The van der Waals surface area contributed by atoms with Gasteiger partial charge in [0.05, 0.1) is 25.4 Å². The van der Waals surface area contributed by atoms with Gasteiger partial charge >= 0.3 is 0 Å². The molecule has 0 aliphatic carbocycles. The first-order chi connectivity index (χ1) is 9.20. The normalized spacial score (nSPS) is 20.7. The Labute approximate surface area is 116 Å². The lowest BCUT2D eigenvalue weighted by Gasteiger charge is -2.20. The number of benzene rings is 1. The summed E-state index contributed by atoms with van der Waals surface area (Å²) in [6.45, 7) is 6.58. The molecule has 1 N–H and O–H groups in total. The van der Waals surface area contributed by atoms with Crippen molar-refractivity contribution in [2.75, 3.05) is 26.9 Å². The van der Waals surface area contributed by atoms with Gasteiger partial charge in [-0.05, 0) is 44.9 Å². The summed E-state index contributed by atoms with van der Waals surface area (Å²) < 4.78 is 11.4. The van der Waals surface area contributed by atoms with E-state index in [1.54, 1.807) is 0 Å². The van der Waals surface area contributed by atoms with E-state index in [9.17, 15) is 0 Å². The van der Waals surface area contributed by atoms with Crippen LogP contribution in [0, 0.1) is 13.8 Å². The fourth-order valence-corrected chi connectivity index (χ4v) is 2.64. The van der Waals surface area contributed by atoms with Crippen molar-refractivity contribution in [3.63, 3.8) is 0 Å². The van der Waals surface area contributed by atoms with Crippen LogP contribution in [0.15, 0.2) is 18.2 Å². The van der Waals surface area contributed by atoms with E-state index in [0.717, 1.165) is 13.0 Å². The Balaban J connectivity index is 1.88. The van der Waals surface area contributed by atoms with Gasteiger partial charge in [-0.1, -0.05) is 23.8 Å². The maximum absolute atomic E-state index is 5.82. The second-order valence-electron chi connectivity index (χ2n) is 5.37. The summed E-state index contributed by atoms with van der Waals surface area (Å²) in [5.74, 6) is 0. The summed E-state index contributed by atoms with van der Waals surface area (Å²) >= 11 is 0. The molecule has 1 aliphatic rings. The first-order valence-corrected chi connectivity index (χ1v) is 7.14. The molecule has 2 unspecified atom stereocenters. The van der Waals surface area contributed by atoms with E-state index in [1.165, 1.54) is 23.1 Å². The minimum atomic E-state index is 0.252. The standard InChI is InChI=1S/C16H25NO2/c1-12-6-7-15(13(2)9-12)16(17-3)11-18-10-14-5-4-8-19-14/h6-7,9,14,16-17H,4-5,8,10-11H2,1-3H3. The highest BCUT2D eigenvalue weighted by molar-refractivity contribution is 5.32. The minimum Gasteiger partial charge on any atom is -0.377 e. The lowest BCUT2D eigenvalue weighted by atomic mass is 10.00. The lowest BCUT2D eigenvalue weighted by Crippen LogP contribution is -2.25. The smallest absolute Gasteiger partial charge is 0.0809 e. The van der Waals surface area contributed by atoms with Crippen LogP contribution in [0.25, 0.3) is 0 Å². The highest BCUT2D eigenvalue weighted by atomic mass is 16.5. The van der Waals surface area contributed by atoms with Gasteiger partial charge in [-0.15, -0.1) is 0 Å². The van der Waals surface area contributed by atoms with Gasteiger partial charge in [-0.3, -0.25) is 0 Å². The van der Waals surface area contributed by atoms with Crippen molar-refractivity contribution < 1.29 is 9.47 Å². The Morgan fingerprint density at radius 3 is 2.89 bits per heavy atom. The van der Waals surface area contributed by atoms with E-state index in [2.05, 4.69) is 37.4 Å². The molecule has 1 aromatic rings. The molecule has 0 spiro atoms. The molecule has 1 saturated heterocycles. The van der Waals surface area contributed by atoms with Gasteiger partial charge < -0.3 is 14.8 Å². The average Bonchev–Trinajstić information content (AvgIpc) is 2.89. The van der Waals surface area contributed by atoms with Gasteiger partial charge in [-0.2, -0.15) is 0 Å². The number of aryl methyl sites for hydroxylation is 2. The highest BCUT2D eigenvalue weighted by Crippen LogP contribution is 2.20. The lowest BCUT2D eigenvalue weighted by molar-refractivity contribution is 0.0105. The Kier molecular flexibility index (Phi) is 5.37.